The molecule has 0 spiro atoms. The number of nitrogens with zero attached hydrogens (tertiary/aromatic N) is 2. The van der Waals surface area contributed by atoms with Gasteiger partial charge in [-0.15, -0.1) is 0 Å². The van der Waals surface area contributed by atoms with Crippen LogP contribution in [0, 0.1) is 5.82 Å². The predicted octanol–water partition coefficient (Wildman–Crippen LogP) is 1.68. The van der Waals surface area contributed by atoms with Crippen molar-refractivity contribution in [2.75, 3.05) is 0 Å². The Labute approximate surface area is 126 Å². The predicted molar refractivity (Wildman–Crippen MR) is 76.7 cm³/mol. The van der Waals surface area contributed by atoms with Crippen molar-refractivity contribution < 1.29 is 19.1 Å². The number of benzene rings is 1. The lowest BCUT2D eigenvalue weighted by atomic mass is 9.88. The second-order valence-electron chi connectivity index (χ2n) is 5.27. The Kier molecular flexibility index (Phi) is 4.25. The van der Waals surface area contributed by atoms with Gasteiger partial charge in [-0.05, 0) is 24.6 Å². The molecule has 1 aromatic heterocycles. The van der Waals surface area contributed by atoms with Gasteiger partial charge in [0.25, 0.3) is 5.91 Å². The maximum Gasteiger partial charge on any atom is 0.306 e. The minimum atomic E-state index is -1.16. The van der Waals surface area contributed by atoms with Crippen LogP contribution in [0.4, 0.5) is 4.39 Å². The standard InChI is InChI=1S/C15H16FN3O3/c1-15(7-13(20)21,11-3-5-12(16)6-4-11)18-14(22)10-8-17-19(2)9-10/h3-6,8-9H,7H2,1-2H3,(H,18,22)(H,20,21). The third-order valence-corrected chi connectivity index (χ3v) is 3.34. The molecule has 1 amide bonds. The SMILES string of the molecule is Cn1cc(C(=O)NC(C)(CC(=O)O)c2ccc(F)cc2)cn1. The molecule has 1 aromatic carbocycles. The summed E-state index contributed by atoms with van der Waals surface area (Å²) in [4.78, 5) is 23.4. The number of carboxylic acid groups (broad SMARTS) is 1. The summed E-state index contributed by atoms with van der Waals surface area (Å²) in [5, 5.41) is 15.7. The molecule has 0 saturated carbocycles. The fourth-order valence-corrected chi connectivity index (χ4v) is 2.20. The second kappa shape index (κ2) is 5.97. The van der Waals surface area contributed by atoms with Crippen molar-refractivity contribution >= 4 is 11.9 Å². The first-order valence-corrected chi connectivity index (χ1v) is 6.59. The highest BCUT2D eigenvalue weighted by molar-refractivity contribution is 5.94. The molecular weight excluding hydrogens is 289 g/mol. The number of hydrogen-bond donors (Lipinski definition) is 2. The van der Waals surface area contributed by atoms with Crippen LogP contribution in [0.3, 0.4) is 0 Å². The van der Waals surface area contributed by atoms with Crippen LogP contribution in [-0.2, 0) is 17.4 Å². The third-order valence-electron chi connectivity index (χ3n) is 3.34. The molecule has 0 fully saturated rings. The Hall–Kier alpha value is -2.70. The molecule has 0 aliphatic heterocycles. The summed E-state index contributed by atoms with van der Waals surface area (Å²) >= 11 is 0. The van der Waals surface area contributed by atoms with E-state index >= 15 is 0 Å². The quantitative estimate of drug-likeness (QED) is 0.880. The zero-order valence-electron chi connectivity index (χ0n) is 12.2. The highest BCUT2D eigenvalue weighted by Gasteiger charge is 2.32. The van der Waals surface area contributed by atoms with E-state index in [2.05, 4.69) is 10.4 Å². The van der Waals surface area contributed by atoms with Crippen molar-refractivity contribution in [2.24, 2.45) is 7.05 Å². The lowest BCUT2D eigenvalue weighted by molar-refractivity contribution is -0.138. The largest absolute Gasteiger partial charge is 0.481 e. The van der Waals surface area contributed by atoms with Gasteiger partial charge in [0.1, 0.15) is 5.82 Å². The molecule has 0 bridgehead atoms. The molecule has 2 aromatic rings. The molecule has 1 unspecified atom stereocenters. The summed E-state index contributed by atoms with van der Waals surface area (Å²) in [5.74, 6) is -1.94. The van der Waals surface area contributed by atoms with Gasteiger partial charge in [-0.25, -0.2) is 4.39 Å². The van der Waals surface area contributed by atoms with Crippen LogP contribution >= 0.6 is 0 Å². The fourth-order valence-electron chi connectivity index (χ4n) is 2.20. The first-order chi connectivity index (χ1) is 10.3. The number of rotatable bonds is 5. The van der Waals surface area contributed by atoms with Gasteiger partial charge in [0, 0.05) is 13.2 Å². The fraction of sp³-hybridized carbons (Fsp3) is 0.267. The summed E-state index contributed by atoms with van der Waals surface area (Å²) in [6, 6.07) is 5.38. The second-order valence-corrected chi connectivity index (χ2v) is 5.27. The van der Waals surface area contributed by atoms with Gasteiger partial charge in [0.05, 0.1) is 23.7 Å². The summed E-state index contributed by atoms with van der Waals surface area (Å²) in [6.07, 6.45) is 2.59. The molecule has 7 heteroatoms. The lowest BCUT2D eigenvalue weighted by Gasteiger charge is -2.29. The van der Waals surface area contributed by atoms with Gasteiger partial charge in [-0.1, -0.05) is 12.1 Å². The number of carbonyl (C=O) groups excluding carboxylic acids is 1. The molecule has 0 aliphatic carbocycles. The van der Waals surface area contributed by atoms with Crippen molar-refractivity contribution in [1.82, 2.24) is 15.1 Å². The lowest BCUT2D eigenvalue weighted by Crippen LogP contribution is -2.45. The van der Waals surface area contributed by atoms with Crippen molar-refractivity contribution in [1.29, 1.82) is 0 Å². The Morgan fingerprint density at radius 2 is 2.00 bits per heavy atom. The van der Waals surface area contributed by atoms with Crippen LogP contribution in [0.25, 0.3) is 0 Å². The maximum absolute atomic E-state index is 13.1. The van der Waals surface area contributed by atoms with Crippen LogP contribution in [0.1, 0.15) is 29.3 Å². The van der Waals surface area contributed by atoms with Crippen molar-refractivity contribution in [3.05, 3.63) is 53.6 Å². The van der Waals surface area contributed by atoms with Crippen molar-refractivity contribution in [2.45, 2.75) is 18.9 Å². The number of hydrogen-bond acceptors (Lipinski definition) is 3. The first-order valence-electron chi connectivity index (χ1n) is 6.59. The minimum Gasteiger partial charge on any atom is -0.481 e. The Morgan fingerprint density at radius 1 is 1.36 bits per heavy atom. The van der Waals surface area contributed by atoms with E-state index in [9.17, 15) is 14.0 Å². The molecule has 22 heavy (non-hydrogen) atoms. The smallest absolute Gasteiger partial charge is 0.306 e. The Morgan fingerprint density at radius 3 is 2.50 bits per heavy atom. The molecule has 2 rings (SSSR count). The number of amides is 1. The van der Waals surface area contributed by atoms with E-state index in [4.69, 9.17) is 5.11 Å². The number of aryl methyl sites for hydroxylation is 1. The maximum atomic E-state index is 13.1. The number of halogens is 1. The van der Waals surface area contributed by atoms with E-state index in [0.29, 0.717) is 11.1 Å². The van der Waals surface area contributed by atoms with Gasteiger partial charge in [-0.3, -0.25) is 14.3 Å². The Bertz CT molecular complexity index is 696. The molecule has 0 saturated heterocycles. The number of aliphatic carboxylic acids is 1. The van der Waals surface area contributed by atoms with E-state index in [1.165, 1.54) is 41.3 Å². The van der Waals surface area contributed by atoms with Crippen LogP contribution in [0.15, 0.2) is 36.7 Å². The van der Waals surface area contributed by atoms with Crippen molar-refractivity contribution in [3.63, 3.8) is 0 Å². The number of carbonyl (C=O) groups is 2. The Balaban J connectivity index is 2.30. The van der Waals surface area contributed by atoms with Gasteiger partial charge in [0.2, 0.25) is 0 Å². The first kappa shape index (κ1) is 15.7. The molecule has 1 atom stereocenters. The molecule has 6 nitrogen and oxygen atoms in total. The van der Waals surface area contributed by atoms with Crippen LogP contribution in [0.5, 0.6) is 0 Å². The third kappa shape index (κ3) is 3.49. The van der Waals surface area contributed by atoms with E-state index in [1.807, 2.05) is 0 Å². The molecule has 0 aliphatic rings. The van der Waals surface area contributed by atoms with Crippen LogP contribution < -0.4 is 5.32 Å². The van der Waals surface area contributed by atoms with E-state index < -0.39 is 23.2 Å². The number of aromatic nitrogens is 2. The summed E-state index contributed by atoms with van der Waals surface area (Å²) in [6.45, 7) is 1.59. The molecule has 116 valence electrons. The molecule has 1 heterocycles. The number of carboxylic acids is 1. The number of nitrogens with one attached hydrogen (secondary N) is 1. The highest BCUT2D eigenvalue weighted by Crippen LogP contribution is 2.25. The minimum absolute atomic E-state index is 0.321. The van der Waals surface area contributed by atoms with Crippen LogP contribution in [0.2, 0.25) is 0 Å². The normalized spacial score (nSPS) is 13.4. The average molecular weight is 305 g/mol. The monoisotopic (exact) mass is 305 g/mol. The molecule has 2 N–H and O–H groups in total. The van der Waals surface area contributed by atoms with Gasteiger partial charge in [0.15, 0.2) is 0 Å². The van der Waals surface area contributed by atoms with Gasteiger partial charge in [-0.2, -0.15) is 5.10 Å². The van der Waals surface area contributed by atoms with E-state index in [-0.39, 0.29) is 6.42 Å². The molecule has 0 radical (unpaired) electrons. The van der Waals surface area contributed by atoms with Gasteiger partial charge < -0.3 is 10.4 Å². The topological polar surface area (TPSA) is 84.2 Å². The molecular formula is C15H16FN3O3. The van der Waals surface area contributed by atoms with Crippen molar-refractivity contribution in [3.8, 4) is 0 Å². The highest BCUT2D eigenvalue weighted by atomic mass is 19.1. The van der Waals surface area contributed by atoms with Gasteiger partial charge >= 0.3 is 5.97 Å². The zero-order chi connectivity index (χ0) is 16.3. The zero-order valence-corrected chi connectivity index (χ0v) is 12.2. The summed E-state index contributed by atoms with van der Waals surface area (Å²) in [5.41, 5.74) is -0.332. The van der Waals surface area contributed by atoms with Crippen LogP contribution in [-0.4, -0.2) is 26.8 Å². The van der Waals surface area contributed by atoms with E-state index in [0.717, 1.165) is 0 Å². The summed E-state index contributed by atoms with van der Waals surface area (Å²) in [7, 11) is 1.67. The summed E-state index contributed by atoms with van der Waals surface area (Å²) < 4.78 is 14.5. The average Bonchev–Trinajstić information content (AvgIpc) is 2.85. The van der Waals surface area contributed by atoms with E-state index in [1.54, 1.807) is 14.0 Å².